The minimum absolute atomic E-state index is 0.362. The highest BCUT2D eigenvalue weighted by molar-refractivity contribution is 5.36. The quantitative estimate of drug-likeness (QED) is 0.701. The Morgan fingerprint density at radius 1 is 1.15 bits per heavy atom. The van der Waals surface area contributed by atoms with Crippen LogP contribution in [-0.4, -0.2) is 26.1 Å². The maximum absolute atomic E-state index is 11.6. The van der Waals surface area contributed by atoms with E-state index in [4.69, 9.17) is 4.74 Å². The molecule has 0 radical (unpaired) electrons. The summed E-state index contributed by atoms with van der Waals surface area (Å²) in [6, 6.07) is 8.92. The zero-order valence-electron chi connectivity index (χ0n) is 14.5. The van der Waals surface area contributed by atoms with Crippen LogP contribution in [0.4, 0.5) is 5.95 Å². The molecule has 1 aromatic carbocycles. The second-order valence-corrected chi connectivity index (χ2v) is 5.87. The van der Waals surface area contributed by atoms with Gasteiger partial charge in [0.05, 0.1) is 0 Å². The number of H-pyrrole nitrogens is 1. The Hall–Kier alpha value is -3.42. The number of aromatic amines is 1. The SMILES string of the molecule is Cc1cc(C)cc(Oc2ccnc(NCCn3ccc(=O)[nH]c3=O)n2)c1. The van der Waals surface area contributed by atoms with Gasteiger partial charge < -0.3 is 10.1 Å². The highest BCUT2D eigenvalue weighted by atomic mass is 16.5. The Morgan fingerprint density at radius 3 is 2.65 bits per heavy atom. The zero-order chi connectivity index (χ0) is 18.5. The second kappa shape index (κ2) is 7.64. The number of rotatable bonds is 6. The Balaban J connectivity index is 1.63. The second-order valence-electron chi connectivity index (χ2n) is 5.87. The van der Waals surface area contributed by atoms with Crippen molar-refractivity contribution >= 4 is 5.95 Å². The molecule has 0 spiro atoms. The molecule has 0 saturated carbocycles. The van der Waals surface area contributed by atoms with E-state index in [2.05, 4.69) is 26.3 Å². The third-order valence-corrected chi connectivity index (χ3v) is 3.58. The number of aryl methyl sites for hydroxylation is 2. The van der Waals surface area contributed by atoms with E-state index in [0.29, 0.717) is 30.7 Å². The lowest BCUT2D eigenvalue weighted by Crippen LogP contribution is -2.30. The molecule has 8 heteroatoms. The summed E-state index contributed by atoms with van der Waals surface area (Å²) in [6.07, 6.45) is 3.04. The van der Waals surface area contributed by atoms with E-state index in [1.165, 1.54) is 16.8 Å². The molecule has 2 N–H and O–H groups in total. The summed E-state index contributed by atoms with van der Waals surface area (Å²) in [5.74, 6) is 1.53. The van der Waals surface area contributed by atoms with Gasteiger partial charge in [0.2, 0.25) is 11.8 Å². The molecule has 0 atom stereocenters. The third kappa shape index (κ3) is 4.56. The maximum Gasteiger partial charge on any atom is 0.328 e. The molecule has 0 fully saturated rings. The average Bonchev–Trinajstić information content (AvgIpc) is 2.56. The van der Waals surface area contributed by atoms with Crippen LogP contribution >= 0.6 is 0 Å². The molecule has 3 aromatic rings. The van der Waals surface area contributed by atoms with Crippen LogP contribution in [0.5, 0.6) is 11.6 Å². The van der Waals surface area contributed by atoms with Crippen LogP contribution < -0.4 is 21.3 Å². The van der Waals surface area contributed by atoms with Gasteiger partial charge in [0.15, 0.2) is 0 Å². The molecular weight excluding hydrogens is 334 g/mol. The van der Waals surface area contributed by atoms with Gasteiger partial charge in [-0.2, -0.15) is 4.98 Å². The molecule has 0 saturated heterocycles. The van der Waals surface area contributed by atoms with Gasteiger partial charge in [-0.25, -0.2) is 9.78 Å². The molecular formula is C18H19N5O3. The number of benzene rings is 1. The van der Waals surface area contributed by atoms with Crippen LogP contribution in [0.2, 0.25) is 0 Å². The first-order chi connectivity index (χ1) is 12.5. The van der Waals surface area contributed by atoms with Crippen molar-refractivity contribution in [1.29, 1.82) is 0 Å². The largest absolute Gasteiger partial charge is 0.439 e. The number of nitrogens with one attached hydrogen (secondary N) is 2. The van der Waals surface area contributed by atoms with Gasteiger partial charge in [-0.3, -0.25) is 14.3 Å². The first-order valence-electron chi connectivity index (χ1n) is 8.12. The Bertz CT molecular complexity index is 1010. The van der Waals surface area contributed by atoms with Gasteiger partial charge >= 0.3 is 5.69 Å². The van der Waals surface area contributed by atoms with Crippen molar-refractivity contribution in [1.82, 2.24) is 19.5 Å². The monoisotopic (exact) mass is 353 g/mol. The van der Waals surface area contributed by atoms with Crippen LogP contribution in [0, 0.1) is 13.8 Å². The number of hydrogen-bond donors (Lipinski definition) is 2. The molecule has 0 aliphatic heterocycles. The van der Waals surface area contributed by atoms with Crippen molar-refractivity contribution < 1.29 is 4.74 Å². The summed E-state index contributed by atoms with van der Waals surface area (Å²) in [5, 5.41) is 3.03. The summed E-state index contributed by atoms with van der Waals surface area (Å²) in [4.78, 5) is 33.3. The summed E-state index contributed by atoms with van der Waals surface area (Å²) in [5.41, 5.74) is 1.35. The number of ether oxygens (including phenoxy) is 1. The van der Waals surface area contributed by atoms with Crippen molar-refractivity contribution in [2.24, 2.45) is 0 Å². The predicted molar refractivity (Wildman–Crippen MR) is 97.8 cm³/mol. The standard InChI is InChI=1S/C18H19N5O3/c1-12-9-13(2)11-14(10-12)26-16-3-5-19-17(22-16)20-6-8-23-7-4-15(24)21-18(23)25/h3-5,7,9-11H,6,8H2,1-2H3,(H,19,20,22)(H,21,24,25). The van der Waals surface area contributed by atoms with Crippen molar-refractivity contribution in [3.8, 4) is 11.6 Å². The molecule has 0 unspecified atom stereocenters. The molecule has 26 heavy (non-hydrogen) atoms. The fourth-order valence-corrected chi connectivity index (χ4v) is 2.51. The normalized spacial score (nSPS) is 10.5. The van der Waals surface area contributed by atoms with E-state index in [1.807, 2.05) is 26.0 Å². The molecule has 2 aromatic heterocycles. The van der Waals surface area contributed by atoms with Gasteiger partial charge in [0, 0.05) is 37.6 Å². The average molecular weight is 353 g/mol. The third-order valence-electron chi connectivity index (χ3n) is 3.58. The maximum atomic E-state index is 11.6. The van der Waals surface area contributed by atoms with Crippen LogP contribution in [-0.2, 0) is 6.54 Å². The zero-order valence-corrected chi connectivity index (χ0v) is 14.5. The molecule has 134 valence electrons. The van der Waals surface area contributed by atoms with Gasteiger partial charge in [-0.15, -0.1) is 0 Å². The van der Waals surface area contributed by atoms with Gasteiger partial charge in [0.25, 0.3) is 5.56 Å². The summed E-state index contributed by atoms with van der Waals surface area (Å²) >= 11 is 0. The topological polar surface area (TPSA) is 102 Å². The molecule has 2 heterocycles. The van der Waals surface area contributed by atoms with E-state index < -0.39 is 11.2 Å². The van der Waals surface area contributed by atoms with Crippen LogP contribution in [0.25, 0.3) is 0 Å². The van der Waals surface area contributed by atoms with Gasteiger partial charge in [-0.1, -0.05) is 6.07 Å². The Labute approximate surface area is 149 Å². The van der Waals surface area contributed by atoms with E-state index >= 15 is 0 Å². The summed E-state index contributed by atoms with van der Waals surface area (Å²) in [6.45, 7) is 4.79. The highest BCUT2D eigenvalue weighted by Crippen LogP contribution is 2.22. The molecule has 8 nitrogen and oxygen atoms in total. The minimum atomic E-state index is -0.452. The van der Waals surface area contributed by atoms with Crippen LogP contribution in [0.1, 0.15) is 11.1 Å². The van der Waals surface area contributed by atoms with Crippen LogP contribution in [0.15, 0.2) is 52.3 Å². The summed E-state index contributed by atoms with van der Waals surface area (Å²) in [7, 11) is 0. The van der Waals surface area contributed by atoms with Gasteiger partial charge in [0.1, 0.15) is 5.75 Å². The minimum Gasteiger partial charge on any atom is -0.439 e. The van der Waals surface area contributed by atoms with Crippen molar-refractivity contribution in [3.63, 3.8) is 0 Å². The van der Waals surface area contributed by atoms with Crippen LogP contribution in [0.3, 0.4) is 0 Å². The van der Waals surface area contributed by atoms with E-state index in [-0.39, 0.29) is 0 Å². The lowest BCUT2D eigenvalue weighted by atomic mass is 10.1. The first kappa shape index (κ1) is 17.4. The van der Waals surface area contributed by atoms with E-state index in [0.717, 1.165) is 11.1 Å². The van der Waals surface area contributed by atoms with Gasteiger partial charge in [-0.05, 0) is 37.1 Å². The fourth-order valence-electron chi connectivity index (χ4n) is 2.51. The highest BCUT2D eigenvalue weighted by Gasteiger charge is 2.04. The lowest BCUT2D eigenvalue weighted by Gasteiger charge is -2.09. The molecule has 3 rings (SSSR count). The van der Waals surface area contributed by atoms with Crippen molar-refractivity contribution in [3.05, 3.63) is 74.7 Å². The Kier molecular flexibility index (Phi) is 5.12. The number of hydrogen-bond acceptors (Lipinski definition) is 6. The molecule has 0 aliphatic carbocycles. The molecule has 0 aliphatic rings. The molecule has 0 bridgehead atoms. The van der Waals surface area contributed by atoms with E-state index in [9.17, 15) is 9.59 Å². The molecule has 0 amide bonds. The number of aromatic nitrogens is 4. The first-order valence-corrected chi connectivity index (χ1v) is 8.12. The van der Waals surface area contributed by atoms with Crippen molar-refractivity contribution in [2.75, 3.05) is 11.9 Å². The number of nitrogens with zero attached hydrogens (tertiary/aromatic N) is 3. The fraction of sp³-hybridized carbons (Fsp3) is 0.222. The predicted octanol–water partition coefficient (Wildman–Crippen LogP) is 1.85. The van der Waals surface area contributed by atoms with E-state index in [1.54, 1.807) is 12.3 Å². The smallest absolute Gasteiger partial charge is 0.328 e. The Morgan fingerprint density at radius 2 is 1.92 bits per heavy atom. The summed E-state index contributed by atoms with van der Waals surface area (Å²) < 4.78 is 7.18. The van der Waals surface area contributed by atoms with Crippen molar-refractivity contribution in [2.45, 2.75) is 20.4 Å². The lowest BCUT2D eigenvalue weighted by molar-refractivity contribution is 0.461. The number of anilines is 1.